The van der Waals surface area contributed by atoms with Crippen LogP contribution < -0.4 is 0 Å². The molecule has 0 radical (unpaired) electrons. The molecule has 0 N–H and O–H groups in total. The zero-order valence-electron chi connectivity index (χ0n) is 17.9. The van der Waals surface area contributed by atoms with Gasteiger partial charge in [-0.25, -0.2) is 14.6 Å². The zero-order chi connectivity index (χ0) is 19.7. The Morgan fingerprint density at radius 1 is 0.880 bits per heavy atom. The van der Waals surface area contributed by atoms with E-state index in [0.29, 0.717) is 18.4 Å². The van der Waals surface area contributed by atoms with Crippen LogP contribution in [0.1, 0.15) is 100 Å². The van der Waals surface area contributed by atoms with E-state index in [1.54, 1.807) is 0 Å². The van der Waals surface area contributed by atoms with E-state index >= 15 is 0 Å². The Bertz CT molecular complexity index is 287. The van der Waals surface area contributed by atoms with Gasteiger partial charge in [-0.05, 0) is 52.4 Å². The Hall–Kier alpha value is -0.650. The number of hydrogen-bond donors (Lipinski definition) is 0. The van der Waals surface area contributed by atoms with Gasteiger partial charge in [0.05, 0.1) is 18.8 Å². The molecule has 152 valence electrons. The lowest BCUT2D eigenvalue weighted by atomic mass is 9.89. The molecule has 0 saturated carbocycles. The minimum absolute atomic E-state index is 0.164. The number of carbonyl (C=O) groups excluding carboxylic acids is 1. The third-order valence-corrected chi connectivity index (χ3v) is 2.98. The monoisotopic (exact) mass is 362 g/mol. The van der Waals surface area contributed by atoms with E-state index in [9.17, 15) is 4.79 Å². The molecule has 0 aromatic heterocycles. The molecule has 0 aliphatic rings. The normalized spacial score (nSPS) is 11.4. The summed E-state index contributed by atoms with van der Waals surface area (Å²) in [6.45, 7) is 17.0. The Morgan fingerprint density at radius 3 is 1.88 bits per heavy atom. The van der Waals surface area contributed by atoms with Crippen molar-refractivity contribution in [3.05, 3.63) is 0 Å². The van der Waals surface area contributed by atoms with Crippen LogP contribution in [0.3, 0.4) is 0 Å². The first-order valence-electron chi connectivity index (χ1n) is 9.73. The van der Waals surface area contributed by atoms with Crippen molar-refractivity contribution in [3.8, 4) is 0 Å². The third-order valence-electron chi connectivity index (χ3n) is 2.98. The molecule has 0 aromatic rings. The topological polar surface area (TPSA) is 54.0 Å². The number of unbranched alkanes of at least 4 members (excludes halogenated alkanes) is 3. The lowest BCUT2D eigenvalue weighted by Gasteiger charge is -2.17. The van der Waals surface area contributed by atoms with Crippen molar-refractivity contribution in [1.82, 2.24) is 0 Å². The minimum atomic E-state index is -0.239. The highest BCUT2D eigenvalue weighted by molar-refractivity contribution is 5.68. The van der Waals surface area contributed by atoms with Gasteiger partial charge in [-0.3, -0.25) is 4.89 Å². The lowest BCUT2D eigenvalue weighted by Crippen LogP contribution is -2.08. The van der Waals surface area contributed by atoms with Crippen LogP contribution in [0.25, 0.3) is 0 Å². The molecule has 0 fully saturated rings. The summed E-state index contributed by atoms with van der Waals surface area (Å²) < 4.78 is 0. The van der Waals surface area contributed by atoms with E-state index in [4.69, 9.17) is 14.7 Å². The van der Waals surface area contributed by atoms with Crippen molar-refractivity contribution in [2.24, 2.45) is 5.41 Å². The first-order chi connectivity index (χ1) is 11.6. The lowest BCUT2D eigenvalue weighted by molar-refractivity contribution is -0.337. The standard InChI is InChI=1S/C14H28O3.C6H14O2/c1-5-6-12-16-17-13(15)10-8-7-9-11-14(2,3)4;1-5(2)7-8-6(3)4/h5-12H2,1-4H3;5-6H,1-4H3. The number of carbonyl (C=O) groups is 1. The van der Waals surface area contributed by atoms with Gasteiger partial charge in [0, 0.05) is 6.42 Å². The van der Waals surface area contributed by atoms with Gasteiger partial charge in [0.25, 0.3) is 0 Å². The molecular weight excluding hydrogens is 320 g/mol. The Morgan fingerprint density at radius 2 is 1.44 bits per heavy atom. The maximum atomic E-state index is 11.2. The average Bonchev–Trinajstić information content (AvgIpc) is 2.49. The molecule has 0 aromatic carbocycles. The predicted octanol–water partition coefficient (Wildman–Crippen LogP) is 6.01. The number of hydrogen-bond acceptors (Lipinski definition) is 5. The van der Waals surface area contributed by atoms with E-state index in [2.05, 4.69) is 32.6 Å². The molecule has 0 aliphatic heterocycles. The maximum absolute atomic E-state index is 11.2. The molecule has 0 saturated heterocycles. The van der Waals surface area contributed by atoms with E-state index in [1.165, 1.54) is 12.8 Å². The van der Waals surface area contributed by atoms with Gasteiger partial charge < -0.3 is 0 Å². The summed E-state index contributed by atoms with van der Waals surface area (Å²) in [7, 11) is 0. The fourth-order valence-electron chi connectivity index (χ4n) is 1.68. The molecule has 0 rings (SSSR count). The number of rotatable bonds is 12. The predicted molar refractivity (Wildman–Crippen MR) is 102 cm³/mol. The van der Waals surface area contributed by atoms with Crippen LogP contribution in [0.15, 0.2) is 0 Å². The van der Waals surface area contributed by atoms with Crippen LogP contribution in [-0.4, -0.2) is 24.8 Å². The fraction of sp³-hybridized carbons (Fsp3) is 0.950. The molecule has 0 heterocycles. The molecule has 0 amide bonds. The summed E-state index contributed by atoms with van der Waals surface area (Å²) in [5.41, 5.74) is 0.393. The summed E-state index contributed by atoms with van der Waals surface area (Å²) in [4.78, 5) is 30.3. The Kier molecular flexibility index (Phi) is 17.9. The first kappa shape index (κ1) is 26.6. The van der Waals surface area contributed by atoms with E-state index in [-0.39, 0.29) is 18.2 Å². The Balaban J connectivity index is 0. The molecular formula is C20H42O5. The van der Waals surface area contributed by atoms with E-state index in [0.717, 1.165) is 25.7 Å². The van der Waals surface area contributed by atoms with Gasteiger partial charge in [-0.2, -0.15) is 4.89 Å². The van der Waals surface area contributed by atoms with Gasteiger partial charge in [0.1, 0.15) is 0 Å². The van der Waals surface area contributed by atoms with E-state index < -0.39 is 0 Å². The van der Waals surface area contributed by atoms with Crippen molar-refractivity contribution in [2.45, 2.75) is 113 Å². The van der Waals surface area contributed by atoms with Gasteiger partial charge >= 0.3 is 5.97 Å². The quantitative estimate of drug-likeness (QED) is 0.242. The first-order valence-corrected chi connectivity index (χ1v) is 9.73. The van der Waals surface area contributed by atoms with Gasteiger partial charge in [-0.15, -0.1) is 0 Å². The van der Waals surface area contributed by atoms with Gasteiger partial charge in [0.15, 0.2) is 0 Å². The van der Waals surface area contributed by atoms with Crippen LogP contribution in [-0.2, 0) is 24.3 Å². The summed E-state index contributed by atoms with van der Waals surface area (Å²) in [5, 5.41) is 0. The molecule has 0 aliphatic carbocycles. The van der Waals surface area contributed by atoms with Crippen LogP contribution in [0.2, 0.25) is 0 Å². The van der Waals surface area contributed by atoms with Crippen LogP contribution in [0.5, 0.6) is 0 Å². The smallest absolute Gasteiger partial charge is 0.298 e. The highest BCUT2D eigenvalue weighted by Crippen LogP contribution is 2.22. The van der Waals surface area contributed by atoms with Crippen molar-refractivity contribution in [2.75, 3.05) is 6.61 Å². The van der Waals surface area contributed by atoms with Crippen molar-refractivity contribution < 1.29 is 24.3 Å². The zero-order valence-corrected chi connectivity index (χ0v) is 17.9. The highest BCUT2D eigenvalue weighted by atomic mass is 17.2. The van der Waals surface area contributed by atoms with Crippen molar-refractivity contribution in [3.63, 3.8) is 0 Å². The average molecular weight is 363 g/mol. The van der Waals surface area contributed by atoms with Crippen molar-refractivity contribution in [1.29, 1.82) is 0 Å². The summed E-state index contributed by atoms with van der Waals surface area (Å²) in [5.74, 6) is -0.239. The van der Waals surface area contributed by atoms with Crippen molar-refractivity contribution >= 4 is 5.97 Å². The molecule has 5 nitrogen and oxygen atoms in total. The largest absolute Gasteiger partial charge is 0.342 e. The summed E-state index contributed by atoms with van der Waals surface area (Å²) in [6, 6.07) is 0. The van der Waals surface area contributed by atoms with Crippen LogP contribution in [0, 0.1) is 5.41 Å². The summed E-state index contributed by atoms with van der Waals surface area (Å²) in [6.07, 6.45) is 7.13. The molecule has 5 heteroatoms. The minimum Gasteiger partial charge on any atom is -0.298 e. The highest BCUT2D eigenvalue weighted by Gasteiger charge is 2.09. The fourth-order valence-corrected chi connectivity index (χ4v) is 1.68. The second kappa shape index (κ2) is 16.8. The molecule has 0 atom stereocenters. The van der Waals surface area contributed by atoms with Crippen LogP contribution >= 0.6 is 0 Å². The third kappa shape index (κ3) is 28.4. The van der Waals surface area contributed by atoms with Gasteiger partial charge in [0.2, 0.25) is 0 Å². The Labute approximate surface area is 155 Å². The molecule has 0 unspecified atom stereocenters. The second-order valence-corrected chi connectivity index (χ2v) is 8.04. The van der Waals surface area contributed by atoms with Gasteiger partial charge in [-0.1, -0.05) is 47.0 Å². The molecule has 25 heavy (non-hydrogen) atoms. The maximum Gasteiger partial charge on any atom is 0.342 e. The van der Waals surface area contributed by atoms with E-state index in [1.807, 2.05) is 27.7 Å². The summed E-state index contributed by atoms with van der Waals surface area (Å²) >= 11 is 0. The van der Waals surface area contributed by atoms with Crippen LogP contribution in [0.4, 0.5) is 0 Å². The molecule has 0 bridgehead atoms. The second-order valence-electron chi connectivity index (χ2n) is 8.04. The molecule has 0 spiro atoms. The SMILES string of the molecule is CC(C)OOC(C)C.CCCCOOC(=O)CCCCCC(C)(C)C.